The Morgan fingerprint density at radius 3 is 2.56 bits per heavy atom. The molecule has 0 aromatic heterocycles. The average molecular weight is 451 g/mol. The molecule has 3 aromatic rings. The van der Waals surface area contributed by atoms with Crippen LogP contribution < -0.4 is 14.4 Å². The van der Waals surface area contributed by atoms with Crippen molar-refractivity contribution < 1.29 is 17.9 Å². The second kappa shape index (κ2) is 9.04. The molecule has 0 radical (unpaired) electrons. The molecule has 0 fully saturated rings. The number of carbonyl (C=O) groups is 1. The van der Waals surface area contributed by atoms with Crippen LogP contribution in [0.2, 0.25) is 0 Å². The summed E-state index contributed by atoms with van der Waals surface area (Å²) in [6, 6.07) is 19.6. The summed E-state index contributed by atoms with van der Waals surface area (Å²) in [6.45, 7) is 2.55. The number of hydrogen-bond acceptors (Lipinski definition) is 4. The van der Waals surface area contributed by atoms with Crippen LogP contribution >= 0.6 is 0 Å². The molecule has 4 rings (SSSR count). The number of carbonyl (C=O) groups excluding carboxylic acids is 1. The lowest BCUT2D eigenvalue weighted by Gasteiger charge is -2.30. The zero-order valence-corrected chi connectivity index (χ0v) is 19.0. The highest BCUT2D eigenvalue weighted by Crippen LogP contribution is 2.33. The monoisotopic (exact) mass is 450 g/mol. The van der Waals surface area contributed by atoms with E-state index in [4.69, 9.17) is 4.74 Å². The summed E-state index contributed by atoms with van der Waals surface area (Å²) >= 11 is 0. The van der Waals surface area contributed by atoms with E-state index in [1.807, 2.05) is 37.3 Å². The number of rotatable bonds is 6. The zero-order valence-electron chi connectivity index (χ0n) is 18.2. The van der Waals surface area contributed by atoms with Crippen molar-refractivity contribution in [2.24, 2.45) is 0 Å². The van der Waals surface area contributed by atoms with Crippen LogP contribution in [-0.4, -0.2) is 28.0 Å². The molecule has 1 N–H and O–H groups in total. The van der Waals surface area contributed by atoms with Crippen molar-refractivity contribution in [3.05, 3.63) is 83.4 Å². The normalized spacial score (nSPS) is 13.4. The van der Waals surface area contributed by atoms with Gasteiger partial charge in [-0.2, -0.15) is 0 Å². The molecule has 0 unspecified atom stereocenters. The van der Waals surface area contributed by atoms with Crippen LogP contribution in [0, 0.1) is 0 Å². The Morgan fingerprint density at radius 2 is 1.84 bits per heavy atom. The van der Waals surface area contributed by atoms with Crippen molar-refractivity contribution in [3.8, 4) is 5.75 Å². The average Bonchev–Trinajstić information content (AvgIpc) is 2.83. The van der Waals surface area contributed by atoms with E-state index < -0.39 is 10.0 Å². The van der Waals surface area contributed by atoms with Crippen molar-refractivity contribution >= 4 is 27.3 Å². The van der Waals surface area contributed by atoms with Gasteiger partial charge in [0, 0.05) is 17.8 Å². The first-order chi connectivity index (χ1) is 15.4. The van der Waals surface area contributed by atoms with Gasteiger partial charge < -0.3 is 9.64 Å². The van der Waals surface area contributed by atoms with Crippen molar-refractivity contribution in [1.29, 1.82) is 0 Å². The molecular weight excluding hydrogens is 424 g/mol. The molecule has 1 amide bonds. The van der Waals surface area contributed by atoms with Gasteiger partial charge in [0.25, 0.3) is 15.9 Å². The maximum Gasteiger partial charge on any atom is 0.265 e. The summed E-state index contributed by atoms with van der Waals surface area (Å²) in [5.74, 6) is 0.192. The van der Waals surface area contributed by atoms with Crippen LogP contribution in [0.15, 0.2) is 71.6 Å². The van der Waals surface area contributed by atoms with Crippen LogP contribution in [-0.2, 0) is 22.9 Å². The number of nitrogens with zero attached hydrogens (tertiary/aromatic N) is 1. The highest BCUT2D eigenvalue weighted by molar-refractivity contribution is 7.92. The molecule has 0 atom stereocenters. The third-order valence-corrected chi connectivity index (χ3v) is 7.05. The van der Waals surface area contributed by atoms with Crippen LogP contribution in [0.5, 0.6) is 5.75 Å². The lowest BCUT2D eigenvalue weighted by molar-refractivity contribution is 0.0985. The SMILES string of the molecule is CCc1ccc(OC)c(S(=O)(=O)Nc2ccc3c(c2)N(C(=O)c2ccccc2)CCC3)c1. The standard InChI is InChI=1S/C25H26N2O4S/c1-3-18-11-14-23(31-2)24(16-18)32(29,30)26-21-13-12-19-10-7-15-27(22(19)17-21)25(28)20-8-5-4-6-9-20/h4-6,8-9,11-14,16-17,26H,3,7,10,15H2,1-2H3. The topological polar surface area (TPSA) is 75.7 Å². The van der Waals surface area contributed by atoms with Crippen LogP contribution in [0.3, 0.4) is 0 Å². The number of amides is 1. The number of benzene rings is 3. The molecule has 0 spiro atoms. The molecule has 166 valence electrons. The molecule has 0 saturated heterocycles. The van der Waals surface area contributed by atoms with E-state index in [0.717, 1.165) is 29.7 Å². The lowest BCUT2D eigenvalue weighted by Crippen LogP contribution is -2.35. The van der Waals surface area contributed by atoms with Crippen LogP contribution in [0.25, 0.3) is 0 Å². The summed E-state index contributed by atoms with van der Waals surface area (Å²) < 4.78 is 34.3. The van der Waals surface area contributed by atoms with E-state index in [0.29, 0.717) is 24.2 Å². The minimum absolute atomic E-state index is 0.0919. The minimum atomic E-state index is -3.88. The first-order valence-electron chi connectivity index (χ1n) is 10.6. The first kappa shape index (κ1) is 21.9. The Kier molecular flexibility index (Phi) is 6.19. The van der Waals surface area contributed by atoms with E-state index >= 15 is 0 Å². The van der Waals surface area contributed by atoms with Gasteiger partial charge in [0.1, 0.15) is 10.6 Å². The lowest BCUT2D eigenvalue weighted by atomic mass is 10.00. The van der Waals surface area contributed by atoms with Crippen molar-refractivity contribution in [1.82, 2.24) is 0 Å². The Morgan fingerprint density at radius 1 is 1.06 bits per heavy atom. The second-order valence-corrected chi connectivity index (χ2v) is 9.36. The Balaban J connectivity index is 1.68. The predicted molar refractivity (Wildman–Crippen MR) is 126 cm³/mol. The number of nitrogens with one attached hydrogen (secondary N) is 1. The largest absolute Gasteiger partial charge is 0.495 e. The van der Waals surface area contributed by atoms with Gasteiger partial charge in [-0.15, -0.1) is 0 Å². The molecule has 0 saturated carbocycles. The van der Waals surface area contributed by atoms with E-state index in [9.17, 15) is 13.2 Å². The first-order valence-corrected chi connectivity index (χ1v) is 12.1. The van der Waals surface area contributed by atoms with Gasteiger partial charge in [0.15, 0.2) is 0 Å². The van der Waals surface area contributed by atoms with E-state index in [-0.39, 0.29) is 16.6 Å². The van der Waals surface area contributed by atoms with Crippen LogP contribution in [0.4, 0.5) is 11.4 Å². The van der Waals surface area contributed by atoms with Crippen LogP contribution in [0.1, 0.15) is 34.8 Å². The molecule has 1 heterocycles. The Hall–Kier alpha value is -3.32. The molecule has 7 heteroatoms. The molecule has 3 aromatic carbocycles. The van der Waals surface area contributed by atoms with Gasteiger partial charge in [-0.25, -0.2) is 8.42 Å². The van der Waals surface area contributed by atoms with Gasteiger partial charge in [0.05, 0.1) is 12.8 Å². The number of methoxy groups -OCH3 is 1. The summed E-state index contributed by atoms with van der Waals surface area (Å²) in [7, 11) is -2.43. The van der Waals surface area contributed by atoms with Gasteiger partial charge in [0.2, 0.25) is 0 Å². The minimum Gasteiger partial charge on any atom is -0.495 e. The Labute approximate surface area is 188 Å². The van der Waals surface area contributed by atoms with Gasteiger partial charge in [-0.1, -0.05) is 37.3 Å². The Bertz CT molecular complexity index is 1240. The van der Waals surface area contributed by atoms with E-state index in [1.54, 1.807) is 41.3 Å². The maximum atomic E-state index is 13.2. The molecule has 6 nitrogen and oxygen atoms in total. The number of fused-ring (bicyclic) bond motifs is 1. The number of aryl methyl sites for hydroxylation is 2. The summed E-state index contributed by atoms with van der Waals surface area (Å²) in [5.41, 5.74) is 3.66. The highest BCUT2D eigenvalue weighted by atomic mass is 32.2. The number of sulfonamides is 1. The molecule has 0 aliphatic carbocycles. The molecule has 1 aliphatic rings. The molecule has 1 aliphatic heterocycles. The summed E-state index contributed by atoms with van der Waals surface area (Å²) in [5, 5.41) is 0. The van der Waals surface area contributed by atoms with Gasteiger partial charge in [-0.3, -0.25) is 9.52 Å². The fourth-order valence-corrected chi connectivity index (χ4v) is 5.22. The third-order valence-electron chi connectivity index (χ3n) is 5.65. The zero-order chi connectivity index (χ0) is 22.7. The van der Waals surface area contributed by atoms with Crippen molar-refractivity contribution in [3.63, 3.8) is 0 Å². The quantitative estimate of drug-likeness (QED) is 0.593. The molecular formula is C25H26N2O4S. The summed E-state index contributed by atoms with van der Waals surface area (Å²) in [4.78, 5) is 14.9. The number of hydrogen-bond donors (Lipinski definition) is 1. The molecule has 0 bridgehead atoms. The van der Waals surface area contributed by atoms with E-state index in [1.165, 1.54) is 7.11 Å². The third kappa shape index (κ3) is 4.34. The van der Waals surface area contributed by atoms with Gasteiger partial charge in [-0.05, 0) is 66.8 Å². The van der Waals surface area contributed by atoms with E-state index in [2.05, 4.69) is 4.72 Å². The number of ether oxygens (including phenoxy) is 1. The summed E-state index contributed by atoms with van der Waals surface area (Å²) in [6.07, 6.45) is 2.41. The smallest absolute Gasteiger partial charge is 0.265 e. The molecule has 32 heavy (non-hydrogen) atoms. The maximum absolute atomic E-state index is 13.2. The fraction of sp³-hybridized carbons (Fsp3) is 0.240. The van der Waals surface area contributed by atoms with Gasteiger partial charge >= 0.3 is 0 Å². The fourth-order valence-electron chi connectivity index (χ4n) is 3.95. The number of anilines is 2. The second-order valence-electron chi connectivity index (χ2n) is 7.71. The highest BCUT2D eigenvalue weighted by Gasteiger charge is 2.25. The van der Waals surface area contributed by atoms with Crippen molar-refractivity contribution in [2.45, 2.75) is 31.1 Å². The predicted octanol–water partition coefficient (Wildman–Crippen LogP) is 4.65. The van der Waals surface area contributed by atoms with Crippen molar-refractivity contribution in [2.75, 3.05) is 23.3 Å².